The van der Waals surface area contributed by atoms with Crippen LogP contribution in [0.25, 0.3) is 0 Å². The van der Waals surface area contributed by atoms with Crippen LogP contribution in [0.4, 0.5) is 0 Å². The summed E-state index contributed by atoms with van der Waals surface area (Å²) in [7, 11) is 3.30. The van der Waals surface area contributed by atoms with E-state index in [1.165, 1.54) is 0 Å². The molecule has 0 saturated carbocycles. The molecule has 1 unspecified atom stereocenters. The molecular weight excluding hydrogens is 254 g/mol. The van der Waals surface area contributed by atoms with Crippen molar-refractivity contribution < 1.29 is 14.2 Å². The van der Waals surface area contributed by atoms with E-state index < -0.39 is 0 Å². The van der Waals surface area contributed by atoms with Gasteiger partial charge in [-0.05, 0) is 38.0 Å². The van der Waals surface area contributed by atoms with Gasteiger partial charge in [0.25, 0.3) is 0 Å². The van der Waals surface area contributed by atoms with Crippen LogP contribution in [-0.2, 0) is 4.74 Å². The molecule has 20 heavy (non-hydrogen) atoms. The van der Waals surface area contributed by atoms with Gasteiger partial charge in [0, 0.05) is 12.2 Å². The molecule has 0 aromatic heterocycles. The van der Waals surface area contributed by atoms with Crippen molar-refractivity contribution in [2.45, 2.75) is 45.3 Å². The predicted octanol–water partition coefficient (Wildman–Crippen LogP) is 3.30. The fourth-order valence-electron chi connectivity index (χ4n) is 2.64. The molecule has 1 atom stereocenters. The van der Waals surface area contributed by atoms with Crippen molar-refractivity contribution in [3.8, 4) is 11.5 Å². The van der Waals surface area contributed by atoms with Gasteiger partial charge in [0.15, 0.2) is 0 Å². The predicted molar refractivity (Wildman–Crippen MR) is 81.4 cm³/mol. The van der Waals surface area contributed by atoms with E-state index in [0.717, 1.165) is 29.9 Å². The average molecular weight is 281 g/mol. The molecule has 0 aliphatic heterocycles. The van der Waals surface area contributed by atoms with Crippen molar-refractivity contribution in [2.75, 3.05) is 20.8 Å². The van der Waals surface area contributed by atoms with Crippen molar-refractivity contribution in [1.82, 2.24) is 0 Å². The lowest BCUT2D eigenvalue weighted by Gasteiger charge is -2.38. The van der Waals surface area contributed by atoms with Crippen LogP contribution >= 0.6 is 0 Å². The van der Waals surface area contributed by atoms with Crippen LogP contribution in [0.5, 0.6) is 11.5 Å². The molecule has 0 amide bonds. The van der Waals surface area contributed by atoms with Gasteiger partial charge in [-0.15, -0.1) is 0 Å². The van der Waals surface area contributed by atoms with E-state index in [4.69, 9.17) is 19.9 Å². The Kier molecular flexibility index (Phi) is 6.30. The van der Waals surface area contributed by atoms with Crippen molar-refractivity contribution in [2.24, 2.45) is 5.73 Å². The van der Waals surface area contributed by atoms with Gasteiger partial charge in [-0.2, -0.15) is 0 Å². The van der Waals surface area contributed by atoms with Crippen molar-refractivity contribution >= 4 is 0 Å². The maximum atomic E-state index is 6.52. The number of hydrogen-bond donors (Lipinski definition) is 1. The fraction of sp³-hybridized carbons (Fsp3) is 0.625. The first-order chi connectivity index (χ1) is 9.58. The lowest BCUT2D eigenvalue weighted by Crippen LogP contribution is -2.43. The third kappa shape index (κ3) is 3.25. The first-order valence-corrected chi connectivity index (χ1v) is 7.19. The Labute approximate surface area is 122 Å². The summed E-state index contributed by atoms with van der Waals surface area (Å²) in [5.41, 5.74) is 7.06. The zero-order chi connectivity index (χ0) is 15.2. The Hall–Kier alpha value is -1.26. The maximum absolute atomic E-state index is 6.52. The number of rotatable bonds is 8. The number of nitrogens with two attached hydrogens (primary N) is 1. The van der Waals surface area contributed by atoms with Crippen LogP contribution in [0.2, 0.25) is 0 Å². The summed E-state index contributed by atoms with van der Waals surface area (Å²) in [6, 6.07) is 5.43. The lowest BCUT2D eigenvalue weighted by atomic mass is 9.84. The molecule has 0 spiro atoms. The summed E-state index contributed by atoms with van der Waals surface area (Å²) in [4.78, 5) is 0. The average Bonchev–Trinajstić information content (AvgIpc) is 2.51. The Bertz CT molecular complexity index is 416. The van der Waals surface area contributed by atoms with Crippen LogP contribution in [0.3, 0.4) is 0 Å². The Balaban J connectivity index is 3.25. The summed E-state index contributed by atoms with van der Waals surface area (Å²) >= 11 is 0. The highest BCUT2D eigenvalue weighted by atomic mass is 16.5. The Morgan fingerprint density at radius 3 is 2.20 bits per heavy atom. The summed E-state index contributed by atoms with van der Waals surface area (Å²) in [6.45, 7) is 6.84. The van der Waals surface area contributed by atoms with Gasteiger partial charge in [-0.3, -0.25) is 0 Å². The topological polar surface area (TPSA) is 53.7 Å². The van der Waals surface area contributed by atoms with E-state index >= 15 is 0 Å². The fourth-order valence-corrected chi connectivity index (χ4v) is 2.64. The molecule has 4 nitrogen and oxygen atoms in total. The molecule has 1 aromatic rings. The number of ether oxygens (including phenoxy) is 3. The highest BCUT2D eigenvalue weighted by molar-refractivity contribution is 5.43. The molecule has 0 fully saturated rings. The Morgan fingerprint density at radius 2 is 1.75 bits per heavy atom. The second-order valence-corrected chi connectivity index (χ2v) is 4.79. The number of hydrogen-bond acceptors (Lipinski definition) is 4. The highest BCUT2D eigenvalue weighted by Crippen LogP contribution is 2.39. The first-order valence-electron chi connectivity index (χ1n) is 7.19. The SMILES string of the molecule is CCOC(CC)(CC)C(N)c1cc(OC)ccc1OC. The Morgan fingerprint density at radius 1 is 1.10 bits per heavy atom. The van der Waals surface area contributed by atoms with Gasteiger partial charge >= 0.3 is 0 Å². The van der Waals surface area contributed by atoms with E-state index in [9.17, 15) is 0 Å². The van der Waals surface area contributed by atoms with E-state index in [2.05, 4.69) is 13.8 Å². The minimum absolute atomic E-state index is 0.262. The molecular formula is C16H27NO3. The van der Waals surface area contributed by atoms with Crippen LogP contribution < -0.4 is 15.2 Å². The minimum Gasteiger partial charge on any atom is -0.497 e. The van der Waals surface area contributed by atoms with Gasteiger partial charge in [0.05, 0.1) is 25.9 Å². The van der Waals surface area contributed by atoms with Gasteiger partial charge in [-0.1, -0.05) is 13.8 Å². The summed E-state index contributed by atoms with van der Waals surface area (Å²) in [5, 5.41) is 0. The molecule has 1 aromatic carbocycles. The quantitative estimate of drug-likeness (QED) is 0.794. The molecule has 0 aliphatic rings. The first kappa shape index (κ1) is 16.8. The monoisotopic (exact) mass is 281 g/mol. The smallest absolute Gasteiger partial charge is 0.124 e. The standard InChI is InChI=1S/C16H27NO3/c1-6-16(7-2,20-8-3)15(17)13-11-12(18-4)9-10-14(13)19-5/h9-11,15H,6-8,17H2,1-5H3. The van der Waals surface area contributed by atoms with Crippen LogP contribution in [0.15, 0.2) is 18.2 Å². The largest absolute Gasteiger partial charge is 0.497 e. The van der Waals surface area contributed by atoms with E-state index in [-0.39, 0.29) is 11.6 Å². The molecule has 4 heteroatoms. The second-order valence-electron chi connectivity index (χ2n) is 4.79. The molecule has 114 valence electrons. The molecule has 1 rings (SSSR count). The minimum atomic E-state index is -0.381. The van der Waals surface area contributed by atoms with Crippen LogP contribution in [-0.4, -0.2) is 26.4 Å². The zero-order valence-electron chi connectivity index (χ0n) is 13.2. The van der Waals surface area contributed by atoms with Crippen molar-refractivity contribution in [3.63, 3.8) is 0 Å². The van der Waals surface area contributed by atoms with E-state index in [1.807, 2.05) is 25.1 Å². The van der Waals surface area contributed by atoms with E-state index in [0.29, 0.717) is 6.61 Å². The molecule has 0 bridgehead atoms. The van der Waals surface area contributed by atoms with Gasteiger partial charge in [0.2, 0.25) is 0 Å². The summed E-state index contributed by atoms with van der Waals surface area (Å²) < 4.78 is 16.7. The normalized spacial score (nSPS) is 13.1. The summed E-state index contributed by atoms with van der Waals surface area (Å²) in [6.07, 6.45) is 1.69. The third-order valence-corrected chi connectivity index (χ3v) is 3.97. The highest BCUT2D eigenvalue weighted by Gasteiger charge is 2.36. The van der Waals surface area contributed by atoms with Crippen LogP contribution in [0, 0.1) is 0 Å². The zero-order valence-corrected chi connectivity index (χ0v) is 13.2. The van der Waals surface area contributed by atoms with Crippen molar-refractivity contribution in [3.05, 3.63) is 23.8 Å². The van der Waals surface area contributed by atoms with E-state index in [1.54, 1.807) is 14.2 Å². The third-order valence-electron chi connectivity index (χ3n) is 3.97. The molecule has 0 saturated heterocycles. The molecule has 0 radical (unpaired) electrons. The molecule has 0 aliphatic carbocycles. The van der Waals surface area contributed by atoms with Gasteiger partial charge in [0.1, 0.15) is 11.5 Å². The van der Waals surface area contributed by atoms with Gasteiger partial charge < -0.3 is 19.9 Å². The molecule has 2 N–H and O–H groups in total. The van der Waals surface area contributed by atoms with Crippen molar-refractivity contribution in [1.29, 1.82) is 0 Å². The second kappa shape index (κ2) is 7.50. The van der Waals surface area contributed by atoms with Gasteiger partial charge in [-0.25, -0.2) is 0 Å². The number of methoxy groups -OCH3 is 2. The maximum Gasteiger partial charge on any atom is 0.124 e. The lowest BCUT2D eigenvalue weighted by molar-refractivity contribution is -0.0649. The number of benzene rings is 1. The molecule has 0 heterocycles. The summed E-state index contributed by atoms with van der Waals surface area (Å²) in [5.74, 6) is 1.54. The van der Waals surface area contributed by atoms with Crippen LogP contribution in [0.1, 0.15) is 45.2 Å².